The number of allylic oxidation sites excluding steroid dienone is 1. The molecule has 0 spiro atoms. The molecule has 1 aromatic heterocycles. The number of hydrogen-bond acceptors (Lipinski definition) is 3. The molecule has 23 heavy (non-hydrogen) atoms. The smallest absolute Gasteiger partial charge is 0.398 e. The highest BCUT2D eigenvalue weighted by molar-refractivity contribution is 6.55. The molecule has 0 N–H and O–H groups in total. The van der Waals surface area contributed by atoms with Crippen LogP contribution >= 0.6 is 0 Å². The van der Waals surface area contributed by atoms with Crippen LogP contribution in [0, 0.1) is 5.92 Å². The van der Waals surface area contributed by atoms with E-state index in [-0.39, 0.29) is 11.6 Å². The zero-order valence-corrected chi connectivity index (χ0v) is 14.4. The topological polar surface area (TPSA) is 31.4 Å². The van der Waals surface area contributed by atoms with Crippen LogP contribution in [0.25, 0.3) is 5.57 Å². The first-order chi connectivity index (χ1) is 10.8. The summed E-state index contributed by atoms with van der Waals surface area (Å²) in [6.45, 7) is 7.76. The van der Waals surface area contributed by atoms with E-state index in [0.29, 0.717) is 11.3 Å². The highest BCUT2D eigenvalue weighted by Crippen LogP contribution is 2.43. The van der Waals surface area contributed by atoms with Crippen molar-refractivity contribution in [1.82, 2.24) is 4.98 Å². The molecule has 0 radical (unpaired) electrons. The van der Waals surface area contributed by atoms with Gasteiger partial charge in [0.2, 0.25) is 0 Å². The van der Waals surface area contributed by atoms with E-state index in [4.69, 9.17) is 9.31 Å². The van der Waals surface area contributed by atoms with Crippen LogP contribution in [0.3, 0.4) is 0 Å². The zero-order chi connectivity index (χ0) is 16.7. The van der Waals surface area contributed by atoms with Crippen molar-refractivity contribution < 1.29 is 13.7 Å². The van der Waals surface area contributed by atoms with E-state index in [1.54, 1.807) is 6.20 Å². The summed E-state index contributed by atoms with van der Waals surface area (Å²) >= 11 is 0. The highest BCUT2D eigenvalue weighted by Gasteiger charge is 2.54. The minimum absolute atomic E-state index is 0.198. The molecule has 5 heteroatoms. The Hall–Kier alpha value is -1.20. The molecule has 0 amide bonds. The Labute approximate surface area is 138 Å². The van der Waals surface area contributed by atoms with E-state index in [2.05, 4.69) is 4.98 Å². The van der Waals surface area contributed by atoms with Crippen molar-refractivity contribution in [2.24, 2.45) is 5.92 Å². The second kappa shape index (κ2) is 6.02. The summed E-state index contributed by atoms with van der Waals surface area (Å²) in [4.78, 5) is 4.38. The molecule has 0 unspecified atom stereocenters. The van der Waals surface area contributed by atoms with Gasteiger partial charge in [-0.3, -0.25) is 4.98 Å². The first-order valence-electron chi connectivity index (χ1n) is 8.48. The summed E-state index contributed by atoms with van der Waals surface area (Å²) < 4.78 is 27.2. The Balaban J connectivity index is 1.99. The molecule has 1 aliphatic heterocycles. The van der Waals surface area contributed by atoms with E-state index in [0.717, 1.165) is 25.7 Å². The lowest BCUT2D eigenvalue weighted by Gasteiger charge is -2.32. The van der Waals surface area contributed by atoms with Gasteiger partial charge in [0.25, 0.3) is 0 Å². The monoisotopic (exact) mass is 317 g/mol. The third kappa shape index (κ3) is 3.09. The summed E-state index contributed by atoms with van der Waals surface area (Å²) in [6.07, 6.45) is 5.98. The molecule has 1 saturated carbocycles. The summed E-state index contributed by atoms with van der Waals surface area (Å²) in [5, 5.41) is 0. The van der Waals surface area contributed by atoms with E-state index in [9.17, 15) is 0 Å². The fraction of sp³-hybridized carbons (Fsp3) is 0.611. The van der Waals surface area contributed by atoms with Crippen molar-refractivity contribution in [3.8, 4) is 0 Å². The molecular weight excluding hydrogens is 292 g/mol. The molecule has 124 valence electrons. The predicted octanol–water partition coefficient (Wildman–Crippen LogP) is 4.58. The number of aromatic nitrogens is 1. The molecule has 3 rings (SSSR count). The van der Waals surface area contributed by atoms with Gasteiger partial charge in [0.1, 0.15) is 5.73 Å². The van der Waals surface area contributed by atoms with Crippen molar-refractivity contribution >= 4 is 12.7 Å². The third-order valence-electron chi connectivity index (χ3n) is 5.42. The standard InChI is InChI=1S/C18H25BFNO2/c1-17(2)18(3,4)23-19(22-17)16(20)15(13-9-5-6-10-13)14-11-7-8-12-21-14/h7-8,11-13H,5-6,9-10H2,1-4H3. The van der Waals surface area contributed by atoms with Crippen molar-refractivity contribution in [3.05, 3.63) is 35.8 Å². The molecule has 1 aromatic rings. The van der Waals surface area contributed by atoms with Gasteiger partial charge in [-0.25, -0.2) is 4.39 Å². The molecule has 2 aliphatic rings. The molecule has 1 aliphatic carbocycles. The second-order valence-corrected chi connectivity index (χ2v) is 7.55. The Morgan fingerprint density at radius 2 is 1.74 bits per heavy atom. The van der Waals surface area contributed by atoms with Crippen molar-refractivity contribution in [2.45, 2.75) is 64.6 Å². The summed E-state index contributed by atoms with van der Waals surface area (Å²) in [7, 11) is -0.947. The van der Waals surface area contributed by atoms with E-state index in [1.165, 1.54) is 0 Å². The molecule has 2 fully saturated rings. The quantitative estimate of drug-likeness (QED) is 0.765. The number of nitrogens with zero attached hydrogens (tertiary/aromatic N) is 1. The van der Waals surface area contributed by atoms with Gasteiger partial charge in [0.05, 0.1) is 16.9 Å². The maximum Gasteiger partial charge on any atom is 0.525 e. The van der Waals surface area contributed by atoms with E-state index < -0.39 is 18.3 Å². The van der Waals surface area contributed by atoms with Gasteiger partial charge in [-0.15, -0.1) is 0 Å². The number of halogens is 1. The van der Waals surface area contributed by atoms with Gasteiger partial charge in [-0.1, -0.05) is 18.9 Å². The fourth-order valence-corrected chi connectivity index (χ4v) is 3.34. The highest BCUT2D eigenvalue weighted by atomic mass is 19.1. The molecule has 1 saturated heterocycles. The first kappa shape index (κ1) is 16.7. The Kier molecular flexibility index (Phi) is 4.36. The van der Waals surface area contributed by atoms with Crippen molar-refractivity contribution in [1.29, 1.82) is 0 Å². The molecule has 0 aromatic carbocycles. The van der Waals surface area contributed by atoms with Gasteiger partial charge < -0.3 is 9.31 Å². The fourth-order valence-electron chi connectivity index (χ4n) is 3.34. The minimum atomic E-state index is -0.947. The SMILES string of the molecule is CC1(C)OB(C(F)=C(c2ccccn2)C2CCCC2)OC1(C)C. The van der Waals surface area contributed by atoms with Crippen LogP contribution in [0.1, 0.15) is 59.1 Å². The van der Waals surface area contributed by atoms with Crippen LogP contribution in [-0.4, -0.2) is 23.3 Å². The molecule has 0 bridgehead atoms. The van der Waals surface area contributed by atoms with Crippen LogP contribution in [0.5, 0.6) is 0 Å². The lowest BCUT2D eigenvalue weighted by molar-refractivity contribution is 0.00578. The Bertz CT molecular complexity index is 578. The van der Waals surface area contributed by atoms with Gasteiger partial charge in [-0.2, -0.15) is 0 Å². The van der Waals surface area contributed by atoms with Crippen LogP contribution in [0.15, 0.2) is 30.1 Å². The average Bonchev–Trinajstić information content (AvgIpc) is 3.07. The lowest BCUT2D eigenvalue weighted by atomic mass is 9.79. The summed E-state index contributed by atoms with van der Waals surface area (Å²) in [5.41, 5.74) is -0.0257. The third-order valence-corrected chi connectivity index (χ3v) is 5.42. The van der Waals surface area contributed by atoms with Gasteiger partial charge in [0, 0.05) is 11.8 Å². The normalized spacial score (nSPS) is 24.8. The van der Waals surface area contributed by atoms with Crippen LogP contribution < -0.4 is 0 Å². The predicted molar refractivity (Wildman–Crippen MR) is 90.3 cm³/mol. The largest absolute Gasteiger partial charge is 0.525 e. The second-order valence-electron chi connectivity index (χ2n) is 7.55. The van der Waals surface area contributed by atoms with Gasteiger partial charge >= 0.3 is 7.12 Å². The van der Waals surface area contributed by atoms with Gasteiger partial charge in [-0.05, 0) is 58.6 Å². The lowest BCUT2D eigenvalue weighted by Crippen LogP contribution is -2.41. The van der Waals surface area contributed by atoms with Gasteiger partial charge in [0.15, 0.2) is 0 Å². The number of rotatable bonds is 3. The maximum absolute atomic E-state index is 15.4. The molecule has 0 atom stereocenters. The maximum atomic E-state index is 15.4. The summed E-state index contributed by atoms with van der Waals surface area (Å²) in [6, 6.07) is 5.62. The first-order valence-corrected chi connectivity index (χ1v) is 8.48. The van der Waals surface area contributed by atoms with Crippen molar-refractivity contribution in [2.75, 3.05) is 0 Å². The van der Waals surface area contributed by atoms with E-state index >= 15 is 4.39 Å². The zero-order valence-electron chi connectivity index (χ0n) is 14.4. The van der Waals surface area contributed by atoms with E-state index in [1.807, 2.05) is 45.9 Å². The average molecular weight is 317 g/mol. The molecular formula is C18H25BFNO2. The number of pyridine rings is 1. The Morgan fingerprint density at radius 1 is 1.13 bits per heavy atom. The minimum Gasteiger partial charge on any atom is -0.398 e. The summed E-state index contributed by atoms with van der Waals surface area (Å²) in [5.74, 6) is 0.198. The molecule has 3 nitrogen and oxygen atoms in total. The van der Waals surface area contributed by atoms with Crippen LogP contribution in [0.2, 0.25) is 0 Å². The van der Waals surface area contributed by atoms with Crippen LogP contribution in [0.4, 0.5) is 4.39 Å². The van der Waals surface area contributed by atoms with Crippen LogP contribution in [-0.2, 0) is 9.31 Å². The Morgan fingerprint density at radius 3 is 2.26 bits per heavy atom. The molecule has 2 heterocycles. The van der Waals surface area contributed by atoms with Crippen molar-refractivity contribution in [3.63, 3.8) is 0 Å². The number of hydrogen-bond donors (Lipinski definition) is 0.